The predicted molar refractivity (Wildman–Crippen MR) is 46.0 cm³/mol. The standard InChI is InChI=1S/C8H9NO4/c1-13-6-3-4(9)2-5(10)7(6)8(11)12/h2-3,10H,9H2,1H3,(H,11,12). The van der Waals surface area contributed by atoms with Crippen LogP contribution in [-0.2, 0) is 0 Å². The molecule has 0 bridgehead atoms. The average molecular weight is 183 g/mol. The lowest BCUT2D eigenvalue weighted by Gasteiger charge is -2.07. The van der Waals surface area contributed by atoms with E-state index in [1.54, 1.807) is 0 Å². The van der Waals surface area contributed by atoms with E-state index in [9.17, 15) is 9.90 Å². The molecule has 4 N–H and O–H groups in total. The molecule has 5 heteroatoms. The van der Waals surface area contributed by atoms with E-state index in [0.717, 1.165) is 6.07 Å². The molecule has 0 aliphatic carbocycles. The fraction of sp³-hybridized carbons (Fsp3) is 0.125. The molecule has 0 aliphatic heterocycles. The Hall–Kier alpha value is -1.91. The Morgan fingerprint density at radius 1 is 1.54 bits per heavy atom. The molecule has 0 spiro atoms. The van der Waals surface area contributed by atoms with E-state index in [-0.39, 0.29) is 17.0 Å². The van der Waals surface area contributed by atoms with Crippen LogP contribution in [0.15, 0.2) is 12.1 Å². The number of carbonyl (C=O) groups is 1. The maximum absolute atomic E-state index is 10.6. The molecule has 0 saturated heterocycles. The second-order valence-corrected chi connectivity index (χ2v) is 2.42. The number of anilines is 1. The van der Waals surface area contributed by atoms with Gasteiger partial charge in [-0.2, -0.15) is 0 Å². The van der Waals surface area contributed by atoms with E-state index in [1.807, 2.05) is 0 Å². The third kappa shape index (κ3) is 1.64. The first-order valence-corrected chi connectivity index (χ1v) is 3.46. The van der Waals surface area contributed by atoms with Gasteiger partial charge in [-0.1, -0.05) is 0 Å². The van der Waals surface area contributed by atoms with Gasteiger partial charge in [0.05, 0.1) is 7.11 Å². The average Bonchev–Trinajstić information content (AvgIpc) is 2.01. The largest absolute Gasteiger partial charge is 0.507 e. The minimum atomic E-state index is -1.26. The molecular formula is C8H9NO4. The lowest BCUT2D eigenvalue weighted by molar-refractivity contribution is 0.0690. The van der Waals surface area contributed by atoms with Crippen LogP contribution in [0.25, 0.3) is 0 Å². The number of phenols is 1. The smallest absolute Gasteiger partial charge is 0.343 e. The number of aromatic hydroxyl groups is 1. The third-order valence-electron chi connectivity index (χ3n) is 1.54. The van der Waals surface area contributed by atoms with Gasteiger partial charge >= 0.3 is 5.97 Å². The van der Waals surface area contributed by atoms with Gasteiger partial charge in [0.1, 0.15) is 17.1 Å². The molecular weight excluding hydrogens is 174 g/mol. The molecule has 0 unspecified atom stereocenters. The van der Waals surface area contributed by atoms with Crippen molar-refractivity contribution in [2.24, 2.45) is 0 Å². The molecule has 0 aliphatic rings. The van der Waals surface area contributed by atoms with Gasteiger partial charge in [-0.15, -0.1) is 0 Å². The van der Waals surface area contributed by atoms with Crippen LogP contribution in [0.3, 0.4) is 0 Å². The maximum atomic E-state index is 10.6. The summed E-state index contributed by atoms with van der Waals surface area (Å²) in [6.45, 7) is 0. The number of hydrogen-bond acceptors (Lipinski definition) is 4. The molecule has 0 atom stereocenters. The van der Waals surface area contributed by atoms with Crippen molar-refractivity contribution in [3.05, 3.63) is 17.7 Å². The zero-order chi connectivity index (χ0) is 10.0. The fourth-order valence-corrected chi connectivity index (χ4v) is 0.997. The summed E-state index contributed by atoms with van der Waals surface area (Å²) in [5.74, 6) is -1.61. The van der Waals surface area contributed by atoms with Gasteiger partial charge < -0.3 is 20.7 Å². The molecule has 70 valence electrons. The van der Waals surface area contributed by atoms with E-state index < -0.39 is 11.7 Å². The summed E-state index contributed by atoms with van der Waals surface area (Å²) in [7, 11) is 1.31. The van der Waals surface area contributed by atoms with Crippen molar-refractivity contribution in [3.8, 4) is 11.5 Å². The summed E-state index contributed by atoms with van der Waals surface area (Å²) in [5.41, 5.74) is 5.34. The Kier molecular flexibility index (Phi) is 2.27. The number of carboxylic acids is 1. The topological polar surface area (TPSA) is 92.8 Å². The summed E-state index contributed by atoms with van der Waals surface area (Å²) < 4.78 is 4.75. The number of hydrogen-bond donors (Lipinski definition) is 3. The van der Waals surface area contributed by atoms with Crippen LogP contribution in [0.1, 0.15) is 10.4 Å². The number of benzene rings is 1. The molecule has 0 aromatic heterocycles. The van der Waals surface area contributed by atoms with Crippen LogP contribution in [0.5, 0.6) is 11.5 Å². The van der Waals surface area contributed by atoms with Crippen molar-refractivity contribution in [3.63, 3.8) is 0 Å². The molecule has 13 heavy (non-hydrogen) atoms. The Bertz CT molecular complexity index is 348. The zero-order valence-electron chi connectivity index (χ0n) is 6.94. The fourth-order valence-electron chi connectivity index (χ4n) is 0.997. The van der Waals surface area contributed by atoms with Gasteiger partial charge in [-0.25, -0.2) is 4.79 Å². The van der Waals surface area contributed by atoms with Crippen molar-refractivity contribution < 1.29 is 19.7 Å². The highest BCUT2D eigenvalue weighted by atomic mass is 16.5. The number of nitrogen functional groups attached to an aromatic ring is 1. The van der Waals surface area contributed by atoms with Crippen molar-refractivity contribution >= 4 is 11.7 Å². The predicted octanol–water partition coefficient (Wildman–Crippen LogP) is 0.681. The quantitative estimate of drug-likeness (QED) is 0.586. The minimum absolute atomic E-state index is 0.0463. The Labute approximate surface area is 74.4 Å². The molecule has 0 fully saturated rings. The van der Waals surface area contributed by atoms with Crippen LogP contribution in [0.2, 0.25) is 0 Å². The first kappa shape index (κ1) is 9.18. The van der Waals surface area contributed by atoms with Crippen LogP contribution in [-0.4, -0.2) is 23.3 Å². The van der Waals surface area contributed by atoms with E-state index in [2.05, 4.69) is 0 Å². The number of ether oxygens (including phenoxy) is 1. The summed E-state index contributed by atoms with van der Waals surface area (Å²) in [6, 6.07) is 2.50. The minimum Gasteiger partial charge on any atom is -0.507 e. The number of carboxylic acid groups (broad SMARTS) is 1. The monoisotopic (exact) mass is 183 g/mol. The Morgan fingerprint density at radius 2 is 2.15 bits per heavy atom. The number of methoxy groups -OCH3 is 1. The van der Waals surface area contributed by atoms with Gasteiger partial charge in [0.15, 0.2) is 0 Å². The van der Waals surface area contributed by atoms with Crippen LogP contribution in [0.4, 0.5) is 5.69 Å². The van der Waals surface area contributed by atoms with Gasteiger partial charge in [-0.3, -0.25) is 0 Å². The van der Waals surface area contributed by atoms with Crippen molar-refractivity contribution in [2.45, 2.75) is 0 Å². The normalized spacial score (nSPS) is 9.62. The number of aromatic carboxylic acids is 1. The molecule has 0 saturated carbocycles. The molecule has 1 rings (SSSR count). The highest BCUT2D eigenvalue weighted by Crippen LogP contribution is 2.30. The second kappa shape index (κ2) is 3.22. The highest BCUT2D eigenvalue weighted by molar-refractivity contribution is 5.94. The summed E-state index contributed by atoms with van der Waals surface area (Å²) in [5, 5.41) is 17.9. The molecule has 0 radical (unpaired) electrons. The van der Waals surface area contributed by atoms with E-state index in [1.165, 1.54) is 13.2 Å². The Morgan fingerprint density at radius 3 is 2.62 bits per heavy atom. The summed E-state index contributed by atoms with van der Waals surface area (Å²) in [4.78, 5) is 10.6. The van der Waals surface area contributed by atoms with Crippen molar-refractivity contribution in [1.29, 1.82) is 0 Å². The van der Waals surface area contributed by atoms with Crippen LogP contribution >= 0.6 is 0 Å². The number of rotatable bonds is 2. The van der Waals surface area contributed by atoms with E-state index >= 15 is 0 Å². The summed E-state index contributed by atoms with van der Waals surface area (Å²) in [6.07, 6.45) is 0. The first-order chi connectivity index (χ1) is 6.06. The zero-order valence-corrected chi connectivity index (χ0v) is 6.94. The number of nitrogens with two attached hydrogens (primary N) is 1. The molecule has 5 nitrogen and oxygen atoms in total. The van der Waals surface area contributed by atoms with Gasteiger partial charge in [0.25, 0.3) is 0 Å². The van der Waals surface area contributed by atoms with Crippen LogP contribution in [0, 0.1) is 0 Å². The lowest BCUT2D eigenvalue weighted by Crippen LogP contribution is -2.02. The van der Waals surface area contributed by atoms with Crippen molar-refractivity contribution in [2.75, 3.05) is 12.8 Å². The van der Waals surface area contributed by atoms with Gasteiger partial charge in [0.2, 0.25) is 0 Å². The highest BCUT2D eigenvalue weighted by Gasteiger charge is 2.16. The summed E-state index contributed by atoms with van der Waals surface area (Å²) >= 11 is 0. The maximum Gasteiger partial charge on any atom is 0.343 e. The molecule has 0 heterocycles. The van der Waals surface area contributed by atoms with E-state index in [4.69, 9.17) is 15.6 Å². The van der Waals surface area contributed by atoms with Gasteiger partial charge in [0, 0.05) is 17.8 Å². The second-order valence-electron chi connectivity index (χ2n) is 2.42. The third-order valence-corrected chi connectivity index (χ3v) is 1.54. The first-order valence-electron chi connectivity index (χ1n) is 3.46. The SMILES string of the molecule is COc1cc(N)cc(O)c1C(=O)O. The molecule has 1 aromatic carbocycles. The van der Waals surface area contributed by atoms with Crippen molar-refractivity contribution in [1.82, 2.24) is 0 Å². The van der Waals surface area contributed by atoms with Gasteiger partial charge in [-0.05, 0) is 0 Å². The molecule has 0 amide bonds. The van der Waals surface area contributed by atoms with E-state index in [0.29, 0.717) is 0 Å². The van der Waals surface area contributed by atoms with Crippen LogP contribution < -0.4 is 10.5 Å². The lowest BCUT2D eigenvalue weighted by atomic mass is 10.1. The molecule has 1 aromatic rings. The Balaban J connectivity index is 3.38.